The van der Waals surface area contributed by atoms with Crippen molar-refractivity contribution in [3.05, 3.63) is 41.5 Å². The fourth-order valence-corrected chi connectivity index (χ4v) is 4.02. The van der Waals surface area contributed by atoms with Gasteiger partial charge in [-0.3, -0.25) is 0 Å². The summed E-state index contributed by atoms with van der Waals surface area (Å²) >= 11 is 0. The highest BCUT2D eigenvalue weighted by Gasteiger charge is 2.18. The third-order valence-corrected chi connectivity index (χ3v) is 5.81. The van der Waals surface area contributed by atoms with Gasteiger partial charge in [-0.15, -0.1) is 0 Å². The number of methoxy groups -OCH3 is 1. The van der Waals surface area contributed by atoms with E-state index in [1.165, 1.54) is 25.7 Å². The van der Waals surface area contributed by atoms with E-state index in [1.807, 2.05) is 6.92 Å². The Balaban J connectivity index is 1.75. The third-order valence-electron chi connectivity index (χ3n) is 4.41. The van der Waals surface area contributed by atoms with Crippen molar-refractivity contribution in [3.8, 4) is 5.75 Å². The van der Waals surface area contributed by atoms with Gasteiger partial charge in [-0.1, -0.05) is 0 Å². The first-order valence-electron chi connectivity index (χ1n) is 8.82. The van der Waals surface area contributed by atoms with Crippen LogP contribution in [0.4, 0.5) is 10.3 Å². The van der Waals surface area contributed by atoms with Crippen LogP contribution in [-0.2, 0) is 16.6 Å². The highest BCUT2D eigenvalue weighted by atomic mass is 32.2. The molecule has 2 heterocycles. The molecule has 0 radical (unpaired) electrons. The number of hydrogen-bond acceptors (Lipinski definition) is 6. The maximum Gasteiger partial charge on any atom is 0.241 e. The molecule has 0 amide bonds. The summed E-state index contributed by atoms with van der Waals surface area (Å²) in [6.45, 7) is 3.66. The quantitative estimate of drug-likeness (QED) is 0.810. The molecule has 27 heavy (non-hydrogen) atoms. The number of sulfonamides is 1. The minimum atomic E-state index is -3.88. The van der Waals surface area contributed by atoms with E-state index in [9.17, 15) is 12.8 Å². The van der Waals surface area contributed by atoms with Crippen LogP contribution in [0.25, 0.3) is 0 Å². The lowest BCUT2D eigenvalue weighted by Crippen LogP contribution is -2.32. The summed E-state index contributed by atoms with van der Waals surface area (Å²) in [6.07, 6.45) is 3.40. The molecule has 7 nitrogen and oxygen atoms in total. The van der Waals surface area contributed by atoms with Gasteiger partial charge in [0.05, 0.1) is 24.2 Å². The lowest BCUT2D eigenvalue weighted by atomic mass is 10.1. The van der Waals surface area contributed by atoms with Gasteiger partial charge in [0.2, 0.25) is 16.0 Å². The zero-order valence-electron chi connectivity index (χ0n) is 15.4. The van der Waals surface area contributed by atoms with Gasteiger partial charge in [0.1, 0.15) is 0 Å². The highest BCUT2D eigenvalue weighted by Crippen LogP contribution is 2.21. The van der Waals surface area contributed by atoms with Crippen LogP contribution in [0.5, 0.6) is 5.75 Å². The van der Waals surface area contributed by atoms with Crippen molar-refractivity contribution in [1.82, 2.24) is 14.7 Å². The van der Waals surface area contributed by atoms with E-state index in [2.05, 4.69) is 19.6 Å². The summed E-state index contributed by atoms with van der Waals surface area (Å²) in [5.41, 5.74) is 1.34. The predicted molar refractivity (Wildman–Crippen MR) is 99.8 cm³/mol. The second-order valence-corrected chi connectivity index (χ2v) is 8.24. The lowest BCUT2D eigenvalue weighted by molar-refractivity contribution is 0.385. The van der Waals surface area contributed by atoms with Crippen molar-refractivity contribution >= 4 is 16.0 Å². The number of halogens is 1. The van der Waals surface area contributed by atoms with Crippen LogP contribution in [0.15, 0.2) is 29.2 Å². The van der Waals surface area contributed by atoms with E-state index in [4.69, 9.17) is 4.74 Å². The van der Waals surface area contributed by atoms with Gasteiger partial charge in [-0.05, 0) is 50.5 Å². The molecular weight excluding hydrogens is 371 g/mol. The van der Waals surface area contributed by atoms with Crippen LogP contribution in [0.3, 0.4) is 0 Å². The van der Waals surface area contributed by atoms with Gasteiger partial charge in [0.25, 0.3) is 0 Å². The molecule has 1 aromatic carbocycles. The molecule has 2 aromatic rings. The largest absolute Gasteiger partial charge is 0.494 e. The van der Waals surface area contributed by atoms with Crippen molar-refractivity contribution in [2.24, 2.45) is 0 Å². The molecule has 1 saturated heterocycles. The number of aromatic nitrogens is 2. The van der Waals surface area contributed by atoms with Gasteiger partial charge >= 0.3 is 0 Å². The molecule has 1 aliphatic heterocycles. The molecule has 1 N–H and O–H groups in total. The van der Waals surface area contributed by atoms with Crippen molar-refractivity contribution in [2.45, 2.75) is 37.6 Å². The molecule has 9 heteroatoms. The number of anilines is 1. The fourth-order valence-electron chi connectivity index (χ4n) is 3.01. The molecular formula is C18H23FN4O3S. The monoisotopic (exact) mass is 394 g/mol. The molecule has 0 bridgehead atoms. The maximum atomic E-state index is 13.8. The lowest BCUT2D eigenvalue weighted by Gasteiger charge is -2.27. The van der Waals surface area contributed by atoms with Gasteiger partial charge in [0, 0.05) is 18.8 Å². The average molecular weight is 394 g/mol. The standard InChI is InChI=1S/C18H23FN4O3S/c1-13-10-14(22-18(21-13)23-8-4-3-5-9-23)12-20-27(24,25)15-6-7-17(26-2)16(19)11-15/h6-7,10-11,20H,3-5,8-9,12H2,1-2H3. The molecule has 1 aromatic heterocycles. The first-order chi connectivity index (χ1) is 12.9. The topological polar surface area (TPSA) is 84.4 Å². The van der Waals surface area contributed by atoms with E-state index in [1.54, 1.807) is 6.07 Å². The summed E-state index contributed by atoms with van der Waals surface area (Å²) in [6, 6.07) is 5.26. The molecule has 1 fully saturated rings. The smallest absolute Gasteiger partial charge is 0.241 e. The normalized spacial score (nSPS) is 15.0. The zero-order chi connectivity index (χ0) is 19.4. The second kappa shape index (κ2) is 8.18. The molecule has 1 aliphatic rings. The zero-order valence-corrected chi connectivity index (χ0v) is 16.2. The van der Waals surface area contributed by atoms with Crippen LogP contribution in [0.2, 0.25) is 0 Å². The molecule has 146 valence electrons. The van der Waals surface area contributed by atoms with Crippen LogP contribution in [0.1, 0.15) is 30.7 Å². The van der Waals surface area contributed by atoms with E-state index in [0.717, 1.165) is 37.7 Å². The average Bonchev–Trinajstić information content (AvgIpc) is 2.67. The second-order valence-electron chi connectivity index (χ2n) is 6.47. The van der Waals surface area contributed by atoms with Crippen molar-refractivity contribution in [1.29, 1.82) is 0 Å². The van der Waals surface area contributed by atoms with Crippen LogP contribution >= 0.6 is 0 Å². The Kier molecular flexibility index (Phi) is 5.91. The van der Waals surface area contributed by atoms with Crippen LogP contribution < -0.4 is 14.4 Å². The molecule has 0 spiro atoms. The maximum absolute atomic E-state index is 13.8. The number of nitrogens with zero attached hydrogens (tertiary/aromatic N) is 3. The fraction of sp³-hybridized carbons (Fsp3) is 0.444. The minimum Gasteiger partial charge on any atom is -0.494 e. The van der Waals surface area contributed by atoms with E-state index < -0.39 is 15.8 Å². The molecule has 0 aliphatic carbocycles. The number of piperidine rings is 1. The van der Waals surface area contributed by atoms with Crippen molar-refractivity contribution in [2.75, 3.05) is 25.1 Å². The Morgan fingerprint density at radius 1 is 1.19 bits per heavy atom. The van der Waals surface area contributed by atoms with Crippen molar-refractivity contribution < 1.29 is 17.5 Å². The van der Waals surface area contributed by atoms with Crippen molar-refractivity contribution in [3.63, 3.8) is 0 Å². The summed E-state index contributed by atoms with van der Waals surface area (Å²) in [5, 5.41) is 0. The summed E-state index contributed by atoms with van der Waals surface area (Å²) in [7, 11) is -2.55. The number of aryl methyl sites for hydroxylation is 1. The Morgan fingerprint density at radius 3 is 2.59 bits per heavy atom. The SMILES string of the molecule is COc1ccc(S(=O)(=O)NCc2cc(C)nc(N3CCCCC3)n2)cc1F. The van der Waals surface area contributed by atoms with Crippen LogP contribution in [-0.4, -0.2) is 38.6 Å². The Hall–Kier alpha value is -2.26. The van der Waals surface area contributed by atoms with Crippen LogP contribution in [0, 0.1) is 12.7 Å². The highest BCUT2D eigenvalue weighted by molar-refractivity contribution is 7.89. The van der Waals surface area contributed by atoms with Gasteiger partial charge in [0.15, 0.2) is 11.6 Å². The predicted octanol–water partition coefficient (Wildman–Crippen LogP) is 2.40. The summed E-state index contributed by atoms with van der Waals surface area (Å²) in [4.78, 5) is 10.9. The Morgan fingerprint density at radius 2 is 1.93 bits per heavy atom. The van der Waals surface area contributed by atoms with Gasteiger partial charge in [-0.25, -0.2) is 27.5 Å². The number of hydrogen-bond donors (Lipinski definition) is 1. The Bertz CT molecular complexity index is 915. The third kappa shape index (κ3) is 4.72. The van der Waals surface area contributed by atoms with E-state index in [-0.39, 0.29) is 17.2 Å². The van der Waals surface area contributed by atoms with Gasteiger partial charge in [-0.2, -0.15) is 0 Å². The summed E-state index contributed by atoms with van der Waals surface area (Å²) < 4.78 is 46.0. The molecule has 3 rings (SSSR count). The first-order valence-corrected chi connectivity index (χ1v) is 10.3. The Labute approximate surface area is 158 Å². The summed E-state index contributed by atoms with van der Waals surface area (Å²) in [5.74, 6) is -0.114. The minimum absolute atomic E-state index is 0.000180. The molecule has 0 atom stereocenters. The molecule has 0 unspecified atom stereocenters. The van der Waals surface area contributed by atoms with Gasteiger partial charge < -0.3 is 9.64 Å². The molecule has 0 saturated carbocycles. The van der Waals surface area contributed by atoms with E-state index >= 15 is 0 Å². The number of ether oxygens (including phenoxy) is 1. The number of benzene rings is 1. The number of rotatable bonds is 6. The van der Waals surface area contributed by atoms with E-state index in [0.29, 0.717) is 11.6 Å². The number of nitrogens with one attached hydrogen (secondary N) is 1. The first kappa shape index (κ1) is 19.5.